The zero-order valence-electron chi connectivity index (χ0n) is 12.9. The van der Waals surface area contributed by atoms with Crippen molar-refractivity contribution in [1.29, 1.82) is 0 Å². The van der Waals surface area contributed by atoms with Gasteiger partial charge < -0.3 is 5.32 Å². The highest BCUT2D eigenvalue weighted by Crippen LogP contribution is 2.17. The quantitative estimate of drug-likeness (QED) is 0.754. The molecule has 1 aromatic carbocycles. The third-order valence-electron chi connectivity index (χ3n) is 3.68. The van der Waals surface area contributed by atoms with Crippen molar-refractivity contribution < 1.29 is 4.79 Å². The smallest absolute Gasteiger partial charge is 0.221 e. The Labute approximate surface area is 139 Å². The van der Waals surface area contributed by atoms with E-state index in [2.05, 4.69) is 28.5 Å². The molecular formula is C16H18ClN5O. The predicted octanol–water partition coefficient (Wildman–Crippen LogP) is 2.40. The molecule has 2 heterocycles. The van der Waals surface area contributed by atoms with Gasteiger partial charge in [0.2, 0.25) is 5.91 Å². The van der Waals surface area contributed by atoms with E-state index in [0.717, 1.165) is 16.5 Å². The molecule has 1 amide bonds. The van der Waals surface area contributed by atoms with Crippen LogP contribution in [0.3, 0.4) is 0 Å². The molecule has 0 aliphatic heterocycles. The maximum atomic E-state index is 11.9. The van der Waals surface area contributed by atoms with Gasteiger partial charge in [0.25, 0.3) is 0 Å². The summed E-state index contributed by atoms with van der Waals surface area (Å²) in [4.78, 5) is 11.9. The molecule has 23 heavy (non-hydrogen) atoms. The van der Waals surface area contributed by atoms with Crippen molar-refractivity contribution in [2.45, 2.75) is 26.4 Å². The number of hydrogen-bond donors (Lipinski definition) is 1. The first kappa shape index (κ1) is 15.6. The number of halogens is 1. The van der Waals surface area contributed by atoms with E-state index in [4.69, 9.17) is 11.6 Å². The van der Waals surface area contributed by atoms with Gasteiger partial charge in [0, 0.05) is 24.5 Å². The van der Waals surface area contributed by atoms with Crippen molar-refractivity contribution in [2.24, 2.45) is 0 Å². The van der Waals surface area contributed by atoms with Crippen LogP contribution in [0.5, 0.6) is 0 Å². The van der Waals surface area contributed by atoms with Gasteiger partial charge in [-0.1, -0.05) is 29.8 Å². The van der Waals surface area contributed by atoms with Crippen molar-refractivity contribution in [2.75, 3.05) is 6.54 Å². The van der Waals surface area contributed by atoms with Gasteiger partial charge in [0.15, 0.2) is 0 Å². The Morgan fingerprint density at radius 1 is 1.26 bits per heavy atom. The van der Waals surface area contributed by atoms with Crippen molar-refractivity contribution in [1.82, 2.24) is 24.9 Å². The first-order valence-corrected chi connectivity index (χ1v) is 7.87. The van der Waals surface area contributed by atoms with Crippen molar-refractivity contribution in [3.8, 4) is 0 Å². The second kappa shape index (κ2) is 6.83. The fourth-order valence-corrected chi connectivity index (χ4v) is 2.72. The largest absolute Gasteiger partial charge is 0.354 e. The highest BCUT2D eigenvalue weighted by molar-refractivity contribution is 6.30. The second-order valence-electron chi connectivity index (χ2n) is 5.40. The molecule has 0 atom stereocenters. The Kier molecular flexibility index (Phi) is 4.62. The molecule has 0 saturated heterocycles. The second-order valence-corrected chi connectivity index (χ2v) is 5.84. The number of rotatable bonds is 6. The fourth-order valence-electron chi connectivity index (χ4n) is 2.56. The summed E-state index contributed by atoms with van der Waals surface area (Å²) in [7, 11) is 0. The van der Waals surface area contributed by atoms with Crippen LogP contribution in [0.25, 0.3) is 10.9 Å². The lowest BCUT2D eigenvalue weighted by atomic mass is 10.2. The lowest BCUT2D eigenvalue weighted by molar-refractivity contribution is -0.121. The molecule has 1 N–H and O–H groups in total. The molecule has 6 nitrogen and oxygen atoms in total. The maximum Gasteiger partial charge on any atom is 0.221 e. The van der Waals surface area contributed by atoms with Crippen molar-refractivity contribution >= 4 is 28.4 Å². The average molecular weight is 332 g/mol. The number of amides is 1. The zero-order chi connectivity index (χ0) is 16.2. The molecule has 2 aromatic heterocycles. The first-order valence-electron chi connectivity index (χ1n) is 7.49. The lowest BCUT2D eigenvalue weighted by Crippen LogP contribution is -2.28. The molecule has 3 aromatic rings. The average Bonchev–Trinajstić information content (AvgIpc) is 3.12. The van der Waals surface area contributed by atoms with Crippen LogP contribution in [0.1, 0.15) is 12.0 Å². The third kappa shape index (κ3) is 3.71. The number of aryl methyl sites for hydroxylation is 2. The molecule has 0 bridgehead atoms. The highest BCUT2D eigenvalue weighted by atomic mass is 35.5. The van der Waals surface area contributed by atoms with Gasteiger partial charge in [-0.3, -0.25) is 14.2 Å². The lowest BCUT2D eigenvalue weighted by Gasteiger charge is -2.07. The first-order chi connectivity index (χ1) is 11.1. The summed E-state index contributed by atoms with van der Waals surface area (Å²) in [5.41, 5.74) is 2.25. The molecule has 0 unspecified atom stereocenters. The van der Waals surface area contributed by atoms with Crippen molar-refractivity contribution in [3.63, 3.8) is 0 Å². The normalized spacial score (nSPS) is 11.0. The fraction of sp³-hybridized carbons (Fsp3) is 0.312. The molecule has 0 radical (unpaired) electrons. The minimum absolute atomic E-state index is 0.000451. The number of nitrogens with one attached hydrogen (secondary N) is 1. The van der Waals surface area contributed by atoms with Crippen LogP contribution in [0.15, 0.2) is 36.8 Å². The van der Waals surface area contributed by atoms with E-state index in [1.807, 2.05) is 23.0 Å². The van der Waals surface area contributed by atoms with Crippen LogP contribution < -0.4 is 5.32 Å². The number of hydrogen-bond acceptors (Lipinski definition) is 3. The van der Waals surface area contributed by atoms with Gasteiger partial charge in [0.05, 0.1) is 36.0 Å². The molecule has 3 rings (SSSR count). The summed E-state index contributed by atoms with van der Waals surface area (Å²) >= 11 is 5.79. The Balaban J connectivity index is 1.50. The number of fused-ring (bicyclic) bond motifs is 1. The van der Waals surface area contributed by atoms with E-state index < -0.39 is 0 Å². The highest BCUT2D eigenvalue weighted by Gasteiger charge is 2.07. The Morgan fingerprint density at radius 3 is 2.91 bits per heavy atom. The van der Waals surface area contributed by atoms with Crippen LogP contribution in [-0.4, -0.2) is 32.0 Å². The maximum absolute atomic E-state index is 11.9. The summed E-state index contributed by atoms with van der Waals surface area (Å²) in [6.07, 6.45) is 5.54. The van der Waals surface area contributed by atoms with Crippen LogP contribution in [0.2, 0.25) is 5.02 Å². The van der Waals surface area contributed by atoms with Gasteiger partial charge in [-0.05, 0) is 12.5 Å². The van der Waals surface area contributed by atoms with Crippen LogP contribution in [-0.2, 0) is 17.9 Å². The van der Waals surface area contributed by atoms with E-state index in [9.17, 15) is 4.79 Å². The molecule has 0 fully saturated rings. The summed E-state index contributed by atoms with van der Waals surface area (Å²) < 4.78 is 3.59. The summed E-state index contributed by atoms with van der Waals surface area (Å²) in [5.74, 6) is 0.000451. The summed E-state index contributed by atoms with van der Waals surface area (Å²) in [6, 6.07) is 6.09. The molecular weight excluding hydrogens is 314 g/mol. The van der Waals surface area contributed by atoms with E-state index in [-0.39, 0.29) is 5.91 Å². The number of nitrogens with zero attached hydrogens (tertiary/aromatic N) is 4. The van der Waals surface area contributed by atoms with Gasteiger partial charge in [-0.15, -0.1) is 0 Å². The van der Waals surface area contributed by atoms with Gasteiger partial charge in [-0.2, -0.15) is 10.2 Å². The van der Waals surface area contributed by atoms with Crippen LogP contribution in [0, 0.1) is 6.92 Å². The minimum Gasteiger partial charge on any atom is -0.354 e. The number of aromatic nitrogens is 4. The monoisotopic (exact) mass is 331 g/mol. The van der Waals surface area contributed by atoms with Gasteiger partial charge in [-0.25, -0.2) is 0 Å². The Morgan fingerprint density at radius 2 is 2.13 bits per heavy atom. The number of carbonyl (C=O) groups excluding carboxylic acids is 1. The predicted molar refractivity (Wildman–Crippen MR) is 89.3 cm³/mol. The van der Waals surface area contributed by atoms with E-state index >= 15 is 0 Å². The van der Waals surface area contributed by atoms with Gasteiger partial charge in [0.1, 0.15) is 0 Å². The van der Waals surface area contributed by atoms with E-state index in [1.165, 1.54) is 0 Å². The molecule has 0 aliphatic carbocycles. The Bertz CT molecular complexity index is 823. The molecule has 7 heteroatoms. The standard InChI is InChI=1S/C16H18ClN5O/c1-12-3-2-4-13-9-20-22(16(12)13)7-5-15(23)18-6-8-21-11-14(17)10-19-21/h2-4,9-11H,5-8H2,1H3,(H,18,23). The number of carbonyl (C=O) groups is 1. The minimum atomic E-state index is 0.000451. The van der Waals surface area contributed by atoms with E-state index in [1.54, 1.807) is 17.1 Å². The molecule has 0 spiro atoms. The SMILES string of the molecule is Cc1cccc2cnn(CCC(=O)NCCn3cc(Cl)cn3)c12. The van der Waals surface area contributed by atoms with Crippen LogP contribution >= 0.6 is 11.6 Å². The van der Waals surface area contributed by atoms with Gasteiger partial charge >= 0.3 is 0 Å². The van der Waals surface area contributed by atoms with Crippen molar-refractivity contribution in [3.05, 3.63) is 47.4 Å². The Hall–Kier alpha value is -2.34. The van der Waals surface area contributed by atoms with Crippen LogP contribution in [0.4, 0.5) is 0 Å². The summed E-state index contributed by atoms with van der Waals surface area (Å²) in [6.45, 7) is 3.74. The number of benzene rings is 1. The van der Waals surface area contributed by atoms with E-state index in [0.29, 0.717) is 31.1 Å². The number of para-hydroxylation sites is 1. The summed E-state index contributed by atoms with van der Waals surface area (Å²) in [5, 5.41) is 13.0. The zero-order valence-corrected chi connectivity index (χ0v) is 13.6. The topological polar surface area (TPSA) is 64.7 Å². The third-order valence-corrected chi connectivity index (χ3v) is 3.87. The molecule has 0 saturated carbocycles. The molecule has 120 valence electrons. The molecule has 0 aliphatic rings.